The van der Waals surface area contributed by atoms with E-state index < -0.39 is 6.04 Å². The van der Waals surface area contributed by atoms with Crippen molar-refractivity contribution in [2.75, 3.05) is 18.0 Å². The molecular formula is C20H22FN4O4+. The number of aromatic nitrogens is 1. The number of rotatable bonds is 4. The predicted molar refractivity (Wildman–Crippen MR) is 99.7 cm³/mol. The van der Waals surface area contributed by atoms with Crippen molar-refractivity contribution in [3.63, 3.8) is 0 Å². The number of quaternary nitrogens is 1. The summed E-state index contributed by atoms with van der Waals surface area (Å²) in [5.41, 5.74) is 0.413. The molecule has 2 aliphatic rings. The van der Waals surface area contributed by atoms with Crippen LogP contribution in [0.5, 0.6) is 0 Å². The molecule has 3 amide bonds. The summed E-state index contributed by atoms with van der Waals surface area (Å²) in [6.45, 7) is 3.04. The van der Waals surface area contributed by atoms with Gasteiger partial charge in [-0.2, -0.15) is 0 Å². The molecule has 1 aromatic carbocycles. The van der Waals surface area contributed by atoms with Crippen LogP contribution in [0.3, 0.4) is 0 Å². The minimum atomic E-state index is -0.437. The zero-order chi connectivity index (χ0) is 20.5. The Balaban J connectivity index is 1.34. The Labute approximate surface area is 166 Å². The first-order chi connectivity index (χ1) is 13.9. The van der Waals surface area contributed by atoms with E-state index in [9.17, 15) is 18.8 Å². The number of carbonyl (C=O) groups excluding carboxylic acids is 3. The second-order valence-corrected chi connectivity index (χ2v) is 7.53. The summed E-state index contributed by atoms with van der Waals surface area (Å²) in [7, 11) is 0. The van der Waals surface area contributed by atoms with Gasteiger partial charge in [-0.15, -0.1) is 0 Å². The van der Waals surface area contributed by atoms with E-state index in [1.54, 1.807) is 13.0 Å². The Bertz CT molecular complexity index is 934. The molecule has 0 spiro atoms. The lowest BCUT2D eigenvalue weighted by Crippen LogP contribution is -3.17. The Kier molecular flexibility index (Phi) is 5.14. The lowest BCUT2D eigenvalue weighted by atomic mass is 10.0. The third-order valence-electron chi connectivity index (χ3n) is 5.55. The molecule has 2 saturated heterocycles. The van der Waals surface area contributed by atoms with Crippen molar-refractivity contribution < 1.29 is 28.2 Å². The van der Waals surface area contributed by atoms with E-state index in [1.807, 2.05) is 0 Å². The second kappa shape index (κ2) is 7.75. The van der Waals surface area contributed by atoms with Gasteiger partial charge in [-0.25, -0.2) is 9.29 Å². The minimum absolute atomic E-state index is 0.0159. The zero-order valence-electron chi connectivity index (χ0n) is 16.0. The molecule has 8 nitrogen and oxygen atoms in total. The average molecular weight is 401 g/mol. The topological polar surface area (TPSA) is 97.0 Å². The van der Waals surface area contributed by atoms with Crippen LogP contribution < -0.4 is 15.1 Å². The van der Waals surface area contributed by atoms with Crippen LogP contribution in [0.1, 0.15) is 35.4 Å². The molecule has 4 rings (SSSR count). The van der Waals surface area contributed by atoms with Gasteiger partial charge < -0.3 is 14.7 Å². The van der Waals surface area contributed by atoms with Gasteiger partial charge in [0, 0.05) is 30.5 Å². The largest absolute Gasteiger partial charge is 0.360 e. The molecule has 0 unspecified atom stereocenters. The number of benzene rings is 1. The van der Waals surface area contributed by atoms with Crippen LogP contribution in [0, 0.1) is 12.7 Å². The quantitative estimate of drug-likeness (QED) is 0.715. The molecule has 0 bridgehead atoms. The first kappa shape index (κ1) is 19.3. The number of imide groups is 1. The number of likely N-dealkylation sites (tertiary alicyclic amines) is 1. The molecule has 2 aliphatic heterocycles. The van der Waals surface area contributed by atoms with Crippen LogP contribution in [-0.4, -0.2) is 48.1 Å². The van der Waals surface area contributed by atoms with E-state index >= 15 is 0 Å². The highest BCUT2D eigenvalue weighted by atomic mass is 19.1. The monoisotopic (exact) mass is 401 g/mol. The standard InChI is InChI=1S/C20H21FN4O4/c1-12-10-17(23-29-12)25-18(26)11-16(20(25)28)24-8-6-15(7-9-24)22-19(27)13-2-4-14(21)5-3-13/h2-5,10,15-16H,6-9,11H2,1H3,(H,22,27)/p+1/t16-/m1/s1. The van der Waals surface area contributed by atoms with E-state index in [-0.39, 0.29) is 41.8 Å². The molecule has 1 atom stereocenters. The van der Waals surface area contributed by atoms with Crippen molar-refractivity contribution in [2.24, 2.45) is 0 Å². The van der Waals surface area contributed by atoms with Crippen LogP contribution in [-0.2, 0) is 9.59 Å². The van der Waals surface area contributed by atoms with Gasteiger partial charge in [0.1, 0.15) is 11.6 Å². The number of hydrogen-bond donors (Lipinski definition) is 2. The van der Waals surface area contributed by atoms with Gasteiger partial charge >= 0.3 is 0 Å². The van der Waals surface area contributed by atoms with Crippen molar-refractivity contribution in [1.82, 2.24) is 10.5 Å². The molecule has 1 aromatic heterocycles. The third-order valence-corrected chi connectivity index (χ3v) is 5.55. The van der Waals surface area contributed by atoms with Gasteiger partial charge in [-0.1, -0.05) is 5.16 Å². The van der Waals surface area contributed by atoms with E-state index in [0.717, 1.165) is 9.80 Å². The van der Waals surface area contributed by atoms with Gasteiger partial charge in [0.15, 0.2) is 11.9 Å². The fourth-order valence-corrected chi connectivity index (χ4v) is 4.00. The second-order valence-electron chi connectivity index (χ2n) is 7.53. The number of hydrogen-bond acceptors (Lipinski definition) is 5. The molecule has 0 radical (unpaired) electrons. The van der Waals surface area contributed by atoms with Gasteiger partial charge in [-0.3, -0.25) is 14.4 Å². The lowest BCUT2D eigenvalue weighted by molar-refractivity contribution is -0.919. The average Bonchev–Trinajstić information content (AvgIpc) is 3.25. The summed E-state index contributed by atoms with van der Waals surface area (Å²) in [5, 5.41) is 6.75. The number of halogens is 1. The highest BCUT2D eigenvalue weighted by Gasteiger charge is 2.47. The van der Waals surface area contributed by atoms with E-state index in [1.165, 1.54) is 24.3 Å². The number of nitrogens with zero attached hydrogens (tertiary/aromatic N) is 2. The highest BCUT2D eigenvalue weighted by molar-refractivity contribution is 6.21. The minimum Gasteiger partial charge on any atom is -0.360 e. The SMILES string of the molecule is Cc1cc(N2C(=O)C[C@@H]([NH+]3CCC(NC(=O)c4ccc(F)cc4)CC3)C2=O)no1. The third kappa shape index (κ3) is 3.91. The van der Waals surface area contributed by atoms with Crippen LogP contribution in [0.15, 0.2) is 34.9 Å². The highest BCUT2D eigenvalue weighted by Crippen LogP contribution is 2.21. The first-order valence-corrected chi connectivity index (χ1v) is 9.63. The summed E-state index contributed by atoms with van der Waals surface area (Å²) in [4.78, 5) is 39.6. The van der Waals surface area contributed by atoms with E-state index in [4.69, 9.17) is 4.52 Å². The summed E-state index contributed by atoms with van der Waals surface area (Å²) >= 11 is 0. The Morgan fingerprint density at radius 1 is 1.24 bits per heavy atom. The fraction of sp³-hybridized carbons (Fsp3) is 0.400. The van der Waals surface area contributed by atoms with Crippen LogP contribution in [0.4, 0.5) is 10.2 Å². The van der Waals surface area contributed by atoms with Gasteiger partial charge in [-0.05, 0) is 31.2 Å². The van der Waals surface area contributed by atoms with Gasteiger partial charge in [0.05, 0.1) is 19.5 Å². The number of carbonyl (C=O) groups is 3. The van der Waals surface area contributed by atoms with Gasteiger partial charge in [0.25, 0.3) is 11.8 Å². The molecule has 2 N–H and O–H groups in total. The number of nitrogens with one attached hydrogen (secondary N) is 2. The maximum absolute atomic E-state index is 13.0. The maximum Gasteiger partial charge on any atom is 0.293 e. The van der Waals surface area contributed by atoms with Crippen molar-refractivity contribution in [1.29, 1.82) is 0 Å². The molecule has 152 valence electrons. The molecule has 29 heavy (non-hydrogen) atoms. The summed E-state index contributed by atoms with van der Waals surface area (Å²) < 4.78 is 18.0. The summed E-state index contributed by atoms with van der Waals surface area (Å²) in [6.07, 6.45) is 1.54. The Morgan fingerprint density at radius 2 is 1.93 bits per heavy atom. The predicted octanol–water partition coefficient (Wildman–Crippen LogP) is 0.231. The normalized spacial score (nSPS) is 24.8. The maximum atomic E-state index is 13.0. The molecule has 2 aromatic rings. The molecule has 0 aliphatic carbocycles. The molecule has 0 saturated carbocycles. The van der Waals surface area contributed by atoms with Crippen molar-refractivity contribution in [2.45, 2.75) is 38.3 Å². The van der Waals surface area contributed by atoms with Crippen LogP contribution >= 0.6 is 0 Å². The van der Waals surface area contributed by atoms with Crippen molar-refractivity contribution in [3.05, 3.63) is 47.5 Å². The van der Waals surface area contributed by atoms with Crippen LogP contribution in [0.2, 0.25) is 0 Å². The molecule has 9 heteroatoms. The number of amides is 3. The Morgan fingerprint density at radius 3 is 2.55 bits per heavy atom. The fourth-order valence-electron chi connectivity index (χ4n) is 4.00. The zero-order valence-corrected chi connectivity index (χ0v) is 16.0. The molecular weight excluding hydrogens is 379 g/mol. The molecule has 3 heterocycles. The smallest absolute Gasteiger partial charge is 0.293 e. The number of piperidine rings is 1. The van der Waals surface area contributed by atoms with Crippen molar-refractivity contribution >= 4 is 23.5 Å². The summed E-state index contributed by atoms with van der Waals surface area (Å²) in [5.74, 6) is -0.378. The number of aryl methyl sites for hydroxylation is 1. The van der Waals surface area contributed by atoms with E-state index in [0.29, 0.717) is 37.3 Å². The number of anilines is 1. The summed E-state index contributed by atoms with van der Waals surface area (Å²) in [6, 6.07) is 6.54. The Hall–Kier alpha value is -3.07. The van der Waals surface area contributed by atoms with E-state index in [2.05, 4.69) is 10.5 Å². The van der Waals surface area contributed by atoms with Crippen LogP contribution in [0.25, 0.3) is 0 Å². The van der Waals surface area contributed by atoms with Gasteiger partial charge in [0.2, 0.25) is 5.91 Å². The molecule has 2 fully saturated rings. The lowest BCUT2D eigenvalue weighted by Gasteiger charge is -2.32. The first-order valence-electron chi connectivity index (χ1n) is 9.63. The van der Waals surface area contributed by atoms with Crippen molar-refractivity contribution in [3.8, 4) is 0 Å².